The quantitative estimate of drug-likeness (QED) is 0.137. The van der Waals surface area contributed by atoms with Crippen molar-refractivity contribution in [1.29, 1.82) is 0 Å². The molecule has 0 heterocycles. The van der Waals surface area contributed by atoms with Gasteiger partial charge in [-0.25, -0.2) is 0 Å². The molecule has 0 saturated heterocycles. The van der Waals surface area contributed by atoms with Gasteiger partial charge in [0.05, 0.1) is 0 Å². The van der Waals surface area contributed by atoms with Gasteiger partial charge in [0.25, 0.3) is 0 Å². The fourth-order valence-electron chi connectivity index (χ4n) is 6.05. The third-order valence-electron chi connectivity index (χ3n) is 8.34. The van der Waals surface area contributed by atoms with Crippen molar-refractivity contribution in [3.05, 3.63) is 133 Å². The van der Waals surface area contributed by atoms with E-state index in [2.05, 4.69) is 109 Å². The molecule has 0 amide bonds. The topological polar surface area (TPSA) is 68.2 Å². The van der Waals surface area contributed by atoms with Gasteiger partial charge in [-0.1, -0.05) is 0 Å². The summed E-state index contributed by atoms with van der Waals surface area (Å²) in [5, 5.41) is 28.0. The van der Waals surface area contributed by atoms with Crippen molar-refractivity contribution >= 4 is 55.8 Å². The van der Waals surface area contributed by atoms with E-state index in [0.29, 0.717) is 6.04 Å². The molecule has 5 rings (SSSR count). The van der Waals surface area contributed by atoms with Gasteiger partial charge in [0.2, 0.25) is 0 Å². The van der Waals surface area contributed by atoms with Crippen LogP contribution in [0.4, 0.5) is 0 Å². The van der Waals surface area contributed by atoms with Crippen molar-refractivity contribution in [2.45, 2.75) is 12.5 Å². The number of phenolic OH excluding ortho intramolecular Hbond substituents is 2. The Kier molecular flexibility index (Phi) is 10.7. The molecule has 228 valence electrons. The molecule has 0 aliphatic heterocycles. The van der Waals surface area contributed by atoms with Gasteiger partial charge >= 0.3 is 264 Å². The second-order valence-electron chi connectivity index (χ2n) is 10.7. The van der Waals surface area contributed by atoms with Crippen molar-refractivity contribution in [3.8, 4) is 11.5 Å². The van der Waals surface area contributed by atoms with E-state index in [1.54, 1.807) is 45.6 Å². The van der Waals surface area contributed by atoms with Crippen LogP contribution in [0, 0.1) is 0 Å². The predicted octanol–water partition coefficient (Wildman–Crippen LogP) is 5.15. The van der Waals surface area contributed by atoms with E-state index < -0.39 is 24.0 Å². The first kappa shape index (κ1) is 32.1. The summed E-state index contributed by atoms with van der Waals surface area (Å²) in [5.41, 5.74) is 0. The zero-order valence-corrected chi connectivity index (χ0v) is 28.3. The zero-order chi connectivity index (χ0) is 31.0. The van der Waals surface area contributed by atoms with Crippen molar-refractivity contribution in [3.63, 3.8) is 0 Å². The summed E-state index contributed by atoms with van der Waals surface area (Å²) in [6.07, 6.45) is 1.68. The molecule has 0 bridgehead atoms. The monoisotopic (exact) mass is 642 g/mol. The van der Waals surface area contributed by atoms with Gasteiger partial charge in [-0.3, -0.25) is 0 Å². The number of aromatic hydroxyl groups is 2. The summed E-state index contributed by atoms with van der Waals surface area (Å²) < 4.78 is 17.3. The first-order chi connectivity index (χ1) is 21.4. The van der Waals surface area contributed by atoms with E-state index in [9.17, 15) is 10.2 Å². The minimum atomic E-state index is -2.79. The van der Waals surface area contributed by atoms with Gasteiger partial charge in [-0.15, -0.1) is 0 Å². The second-order valence-corrected chi connectivity index (χ2v) is 20.1. The molecule has 2 N–H and O–H groups in total. The first-order valence-corrected chi connectivity index (χ1v) is 20.2. The number of phenols is 2. The van der Waals surface area contributed by atoms with Crippen LogP contribution in [-0.4, -0.2) is 46.5 Å². The van der Waals surface area contributed by atoms with Crippen molar-refractivity contribution in [2.75, 3.05) is 27.5 Å². The maximum atomic E-state index is 10.2. The first-order valence-electron chi connectivity index (χ1n) is 14.7. The van der Waals surface area contributed by atoms with Crippen LogP contribution in [0.25, 0.3) is 0 Å². The summed E-state index contributed by atoms with van der Waals surface area (Å²) in [5.74, 6) is 0.470. The Bertz CT molecular complexity index is 1500. The predicted molar refractivity (Wildman–Crippen MR) is 190 cm³/mol. The molecule has 0 saturated carbocycles. The second kappa shape index (κ2) is 14.6. The average Bonchev–Trinajstić information content (AvgIpc) is 3.08. The summed E-state index contributed by atoms with van der Waals surface area (Å²) >= 11 is 0. The zero-order valence-electron chi connectivity index (χ0n) is 25.4. The summed E-state index contributed by atoms with van der Waals surface area (Å²) in [4.78, 5) is 0. The van der Waals surface area contributed by atoms with Crippen LogP contribution >= 0.6 is 15.2 Å². The Balaban J connectivity index is 1.64. The van der Waals surface area contributed by atoms with E-state index in [0.717, 1.165) is 12.6 Å². The number of hydrogen-bond donors (Lipinski definition) is 2. The molecule has 0 fully saturated rings. The van der Waals surface area contributed by atoms with Crippen molar-refractivity contribution < 1.29 is 23.5 Å². The minimum absolute atomic E-state index is 0.235. The molecule has 5 nitrogen and oxygen atoms in total. The normalized spacial score (nSPS) is 12.4. The standard InChI is InChI=1S/C36H40O5P2Si/c1-39-44(40-2,41-3)28-10-27-43(34-21-15-29(37)16-22-34,35-23-17-30(38)18-24-35)36-25-19-33(20-26-36)42(31-11-6-4-7-12-31)32-13-8-5-9-14-32/h4-9,11-26,37-38,43H,10,27-28H2,1-3H3. The van der Waals surface area contributed by atoms with Crippen LogP contribution < -0.4 is 31.8 Å². The molecule has 0 aliphatic carbocycles. The van der Waals surface area contributed by atoms with Crippen LogP contribution in [-0.2, 0) is 13.3 Å². The number of benzene rings is 5. The molecule has 0 aromatic heterocycles. The van der Waals surface area contributed by atoms with Gasteiger partial charge < -0.3 is 0 Å². The third-order valence-corrected chi connectivity index (χ3v) is 18.7. The number of rotatable bonds is 13. The van der Waals surface area contributed by atoms with Crippen LogP contribution in [0.2, 0.25) is 6.04 Å². The molecule has 5 aromatic carbocycles. The summed E-state index contributed by atoms with van der Waals surface area (Å²) in [6.45, 7) is 0. The summed E-state index contributed by atoms with van der Waals surface area (Å²) in [6, 6.07) is 46.6. The summed E-state index contributed by atoms with van der Waals surface area (Å²) in [7, 11) is -1.26. The Hall–Kier alpha value is -3.34. The molecule has 5 aromatic rings. The van der Waals surface area contributed by atoms with Gasteiger partial charge in [0.15, 0.2) is 0 Å². The molecule has 0 atom stereocenters. The Morgan fingerprint density at radius 3 is 1.27 bits per heavy atom. The average molecular weight is 643 g/mol. The van der Waals surface area contributed by atoms with Gasteiger partial charge in [-0.05, 0) is 0 Å². The maximum absolute atomic E-state index is 10.2. The van der Waals surface area contributed by atoms with Crippen LogP contribution in [0.1, 0.15) is 6.42 Å². The van der Waals surface area contributed by atoms with Crippen LogP contribution in [0.5, 0.6) is 11.5 Å². The van der Waals surface area contributed by atoms with Gasteiger partial charge in [0.1, 0.15) is 0 Å². The molecule has 0 unspecified atom stereocenters. The SMILES string of the molecule is CO[Si](CCC[PH](c1ccc(O)cc1)(c1ccc(O)cc1)c1ccc(P(c2ccccc2)c2ccccc2)cc1)(OC)OC. The van der Waals surface area contributed by atoms with Crippen molar-refractivity contribution in [1.82, 2.24) is 0 Å². The van der Waals surface area contributed by atoms with Gasteiger partial charge in [0, 0.05) is 0 Å². The number of hydrogen-bond acceptors (Lipinski definition) is 5. The van der Waals surface area contributed by atoms with Crippen LogP contribution in [0.15, 0.2) is 133 Å². The Labute approximate surface area is 263 Å². The van der Waals surface area contributed by atoms with Crippen molar-refractivity contribution in [2.24, 2.45) is 0 Å². The third kappa shape index (κ3) is 6.82. The molecule has 0 aliphatic rings. The molecule has 0 spiro atoms. The van der Waals surface area contributed by atoms with E-state index in [1.165, 1.54) is 31.8 Å². The molecule has 8 heteroatoms. The molecule has 0 radical (unpaired) electrons. The van der Waals surface area contributed by atoms with E-state index in [-0.39, 0.29) is 11.5 Å². The Morgan fingerprint density at radius 2 is 0.886 bits per heavy atom. The molecular weight excluding hydrogens is 602 g/mol. The van der Waals surface area contributed by atoms with E-state index in [1.807, 2.05) is 0 Å². The van der Waals surface area contributed by atoms with E-state index >= 15 is 0 Å². The fraction of sp³-hybridized carbons (Fsp3) is 0.167. The molecule has 44 heavy (non-hydrogen) atoms. The Morgan fingerprint density at radius 1 is 0.523 bits per heavy atom. The van der Waals surface area contributed by atoms with Crippen LogP contribution in [0.3, 0.4) is 0 Å². The van der Waals surface area contributed by atoms with E-state index in [4.69, 9.17) is 13.3 Å². The van der Waals surface area contributed by atoms with Gasteiger partial charge in [-0.2, -0.15) is 0 Å². The molecular formula is C36H40O5P2Si. The fourth-order valence-corrected chi connectivity index (χ4v) is 15.2.